The van der Waals surface area contributed by atoms with Crippen LogP contribution in [0.25, 0.3) is 0 Å². The minimum atomic E-state index is -0.277. The quantitative estimate of drug-likeness (QED) is 0.187. The fraction of sp³-hybridized carbons (Fsp3) is 0.300. The molecule has 1 aromatic carbocycles. The van der Waals surface area contributed by atoms with Crippen LogP contribution in [-0.2, 0) is 0 Å². The predicted octanol–water partition coefficient (Wildman–Crippen LogP) is 2.48. The first-order valence-corrected chi connectivity index (χ1v) is 9.37. The van der Waals surface area contributed by atoms with Crippen molar-refractivity contribution in [2.24, 2.45) is 21.7 Å². The number of hydrogen-bond acceptors (Lipinski definition) is 6. The molecule has 0 aromatic heterocycles. The molecule has 1 aliphatic rings. The fourth-order valence-corrected chi connectivity index (χ4v) is 3.04. The van der Waals surface area contributed by atoms with E-state index in [1.54, 1.807) is 38.1 Å². The minimum absolute atomic E-state index is 0. The van der Waals surface area contributed by atoms with E-state index in [-0.39, 0.29) is 48.3 Å². The predicted molar refractivity (Wildman–Crippen MR) is 131 cm³/mol. The average Bonchev–Trinajstić information content (AvgIpc) is 2.71. The number of benzene rings is 1. The Bertz CT molecular complexity index is 909. The van der Waals surface area contributed by atoms with Gasteiger partial charge in [0, 0.05) is 33.7 Å². The Labute approximate surface area is 198 Å². The smallest absolute Gasteiger partial charge is 0.206 e. The number of nitrogens with zero attached hydrogens (tertiary/aromatic N) is 2. The number of Topliss-reactive ketones (excluding diaryl/α,β-unsaturated/α-hetero) is 2. The van der Waals surface area contributed by atoms with E-state index in [9.17, 15) is 9.59 Å². The lowest BCUT2D eigenvalue weighted by Crippen LogP contribution is -2.27. The van der Waals surface area contributed by atoms with Gasteiger partial charge in [0.1, 0.15) is 0 Å². The molecule has 8 N–H and O–H groups in total. The lowest BCUT2D eigenvalue weighted by Gasteiger charge is -2.21. The Kier molecular flexibility index (Phi) is 11.9. The monoisotopic (exact) mass is 482 g/mol. The summed E-state index contributed by atoms with van der Waals surface area (Å²) in [5.74, 6) is -0.880. The molecular weight excluding hydrogens is 455 g/mol. The van der Waals surface area contributed by atoms with Crippen molar-refractivity contribution in [2.75, 3.05) is 0 Å². The number of rotatable bonds is 8. The molecule has 12 heteroatoms. The topological polar surface area (TPSA) is 183 Å². The molecule has 1 aliphatic carbocycles. The van der Waals surface area contributed by atoms with Gasteiger partial charge in [-0.25, -0.2) is 10.9 Å². The second-order valence-corrected chi connectivity index (χ2v) is 6.91. The number of nitrogens with two attached hydrogens (primary N) is 2. The first-order chi connectivity index (χ1) is 14.2. The minimum Gasteiger partial charge on any atom is -0.369 e. The van der Waals surface area contributed by atoms with Crippen LogP contribution in [0.4, 0.5) is 0 Å². The summed E-state index contributed by atoms with van der Waals surface area (Å²) >= 11 is 0. The number of carbonyl (C=O) groups is 2. The highest BCUT2D eigenvalue weighted by Crippen LogP contribution is 2.31. The van der Waals surface area contributed by atoms with Crippen LogP contribution in [0.3, 0.4) is 0 Å². The molecule has 174 valence electrons. The van der Waals surface area contributed by atoms with Crippen LogP contribution in [0.1, 0.15) is 60.2 Å². The molecular formula is C20H28Cl2N8O2. The molecule has 0 bridgehead atoms. The highest BCUT2D eigenvalue weighted by molar-refractivity contribution is 6.27. The number of hydrogen-bond donors (Lipinski definition) is 6. The van der Waals surface area contributed by atoms with Crippen molar-refractivity contribution in [1.82, 2.24) is 10.9 Å². The Hall–Kier alpha value is -3.24. The normalized spacial score (nSPS) is 13.6. The summed E-state index contributed by atoms with van der Waals surface area (Å²) in [6, 6.07) is 6.79. The maximum absolute atomic E-state index is 13.1. The number of guanidine groups is 2. The molecule has 0 heterocycles. The van der Waals surface area contributed by atoms with Gasteiger partial charge in [0.2, 0.25) is 11.9 Å². The Balaban J connectivity index is 0.00000480. The third-order valence-electron chi connectivity index (χ3n) is 4.54. The standard InChI is InChI=1S/C20H26N8O2.2ClH/c1-11(25-27-19(21)22)7-9-15-16(10-8-12(2)26-28-20(23)24)18(30)14-6-4-3-5-13(14)17(15)29;;/h3-6H,7-10H2,1-2H3,(H4,21,22,27)(H4,23,24,28);2*1H. The molecule has 0 fully saturated rings. The molecule has 0 saturated carbocycles. The van der Waals surface area contributed by atoms with Crippen LogP contribution in [-0.4, -0.2) is 34.9 Å². The largest absolute Gasteiger partial charge is 0.369 e. The summed E-state index contributed by atoms with van der Waals surface area (Å²) in [6.07, 6.45) is 1.54. The zero-order valence-corrected chi connectivity index (χ0v) is 19.5. The number of carbonyl (C=O) groups excluding carboxylic acids is 2. The van der Waals surface area contributed by atoms with Gasteiger partial charge < -0.3 is 11.5 Å². The first kappa shape index (κ1) is 28.8. The molecule has 2 rings (SSSR count). The number of nitrogens with one attached hydrogen (secondary N) is 4. The highest BCUT2D eigenvalue weighted by Gasteiger charge is 2.31. The maximum Gasteiger partial charge on any atom is 0.206 e. The van der Waals surface area contributed by atoms with Gasteiger partial charge >= 0.3 is 0 Å². The Morgan fingerprint density at radius 3 is 1.47 bits per heavy atom. The Morgan fingerprint density at radius 2 is 1.16 bits per heavy atom. The van der Waals surface area contributed by atoms with E-state index in [0.29, 0.717) is 59.4 Å². The molecule has 32 heavy (non-hydrogen) atoms. The molecule has 0 amide bonds. The number of ketones is 2. The van der Waals surface area contributed by atoms with Crippen LogP contribution >= 0.6 is 24.8 Å². The lowest BCUT2D eigenvalue weighted by molar-refractivity contribution is 0.0969. The zero-order chi connectivity index (χ0) is 22.3. The van der Waals surface area contributed by atoms with E-state index >= 15 is 0 Å². The Morgan fingerprint density at radius 1 is 0.812 bits per heavy atom. The van der Waals surface area contributed by atoms with Crippen molar-refractivity contribution in [3.63, 3.8) is 0 Å². The molecule has 0 saturated heterocycles. The van der Waals surface area contributed by atoms with Gasteiger partial charge in [0.15, 0.2) is 11.6 Å². The molecule has 0 atom stereocenters. The summed E-state index contributed by atoms with van der Waals surface area (Å²) in [4.78, 5) is 26.2. The van der Waals surface area contributed by atoms with E-state index in [4.69, 9.17) is 22.3 Å². The van der Waals surface area contributed by atoms with Gasteiger partial charge in [-0.2, -0.15) is 10.2 Å². The first-order valence-electron chi connectivity index (χ1n) is 9.37. The van der Waals surface area contributed by atoms with Gasteiger partial charge in [0.05, 0.1) is 0 Å². The fourth-order valence-electron chi connectivity index (χ4n) is 3.04. The molecule has 0 radical (unpaired) electrons. The van der Waals surface area contributed by atoms with Crippen molar-refractivity contribution in [2.45, 2.75) is 39.5 Å². The number of allylic oxidation sites excluding steroid dienone is 2. The number of hydrazone groups is 2. The molecule has 0 aliphatic heterocycles. The van der Waals surface area contributed by atoms with Crippen molar-refractivity contribution in [1.29, 1.82) is 10.8 Å². The van der Waals surface area contributed by atoms with Crippen molar-refractivity contribution in [3.8, 4) is 0 Å². The van der Waals surface area contributed by atoms with Crippen LogP contribution in [0.15, 0.2) is 45.6 Å². The van der Waals surface area contributed by atoms with E-state index in [0.717, 1.165) is 0 Å². The van der Waals surface area contributed by atoms with Gasteiger partial charge in [-0.15, -0.1) is 24.8 Å². The lowest BCUT2D eigenvalue weighted by atomic mass is 9.80. The van der Waals surface area contributed by atoms with E-state index < -0.39 is 0 Å². The van der Waals surface area contributed by atoms with Crippen molar-refractivity contribution >= 4 is 59.7 Å². The number of halogens is 2. The third kappa shape index (κ3) is 7.78. The number of fused-ring (bicyclic) bond motifs is 1. The van der Waals surface area contributed by atoms with Crippen LogP contribution in [0, 0.1) is 10.8 Å². The summed E-state index contributed by atoms with van der Waals surface area (Å²) in [6.45, 7) is 3.51. The van der Waals surface area contributed by atoms with Crippen LogP contribution in [0.2, 0.25) is 0 Å². The van der Waals surface area contributed by atoms with Gasteiger partial charge in [-0.1, -0.05) is 24.3 Å². The van der Waals surface area contributed by atoms with E-state index in [1.807, 2.05) is 0 Å². The third-order valence-corrected chi connectivity index (χ3v) is 4.54. The second kappa shape index (κ2) is 13.2. The summed E-state index contributed by atoms with van der Waals surface area (Å²) < 4.78 is 0. The van der Waals surface area contributed by atoms with E-state index in [1.165, 1.54) is 0 Å². The van der Waals surface area contributed by atoms with E-state index in [2.05, 4.69) is 21.1 Å². The molecule has 0 spiro atoms. The molecule has 10 nitrogen and oxygen atoms in total. The van der Waals surface area contributed by atoms with Gasteiger partial charge in [-0.3, -0.25) is 20.4 Å². The highest BCUT2D eigenvalue weighted by atomic mass is 35.5. The van der Waals surface area contributed by atoms with Crippen LogP contribution in [0.5, 0.6) is 0 Å². The SMILES string of the molecule is CC(CCC1=C(CCC(C)=NNC(=N)N)C(=O)c2ccccc2C1=O)=NNC(=N)N.Cl.Cl. The summed E-state index contributed by atoms with van der Waals surface area (Å²) in [5, 5.41) is 22.3. The summed E-state index contributed by atoms with van der Waals surface area (Å²) in [5.41, 5.74) is 18.2. The maximum atomic E-state index is 13.1. The van der Waals surface area contributed by atoms with Crippen molar-refractivity contribution < 1.29 is 9.59 Å². The van der Waals surface area contributed by atoms with Crippen molar-refractivity contribution in [3.05, 3.63) is 46.5 Å². The zero-order valence-electron chi connectivity index (χ0n) is 17.8. The summed E-state index contributed by atoms with van der Waals surface area (Å²) in [7, 11) is 0. The average molecular weight is 483 g/mol. The molecule has 0 unspecified atom stereocenters. The van der Waals surface area contributed by atoms with Crippen LogP contribution < -0.4 is 22.3 Å². The van der Waals surface area contributed by atoms with Gasteiger partial charge in [0.25, 0.3) is 0 Å². The second-order valence-electron chi connectivity index (χ2n) is 6.91. The molecule has 1 aromatic rings. The van der Waals surface area contributed by atoms with Gasteiger partial charge in [-0.05, 0) is 39.5 Å².